The van der Waals surface area contributed by atoms with Crippen molar-refractivity contribution in [3.8, 4) is 0 Å². The normalized spacial score (nSPS) is 18.0. The molecule has 72 valence electrons. The monoisotopic (exact) mass is 230 g/mol. The van der Waals surface area contributed by atoms with Gasteiger partial charge in [0.25, 0.3) is 0 Å². The Balaban J connectivity index is 5.11. The summed E-state index contributed by atoms with van der Waals surface area (Å²) in [5.74, 6) is 0. The first-order chi connectivity index (χ1) is 4.50. The van der Waals surface area contributed by atoms with Crippen molar-refractivity contribution in [2.45, 2.75) is 0 Å². The fourth-order valence-electron chi connectivity index (χ4n) is 0.184. The minimum atomic E-state index is -5.74. The van der Waals surface area contributed by atoms with E-state index in [1.165, 1.54) is 0 Å². The van der Waals surface area contributed by atoms with Crippen molar-refractivity contribution in [2.24, 2.45) is 0 Å². The van der Waals surface area contributed by atoms with E-state index in [-0.39, 0.29) is 0 Å². The molecule has 0 aliphatic rings. The van der Waals surface area contributed by atoms with E-state index >= 15 is 0 Å². The third-order valence-corrected chi connectivity index (χ3v) is 11.4. The maximum atomic E-state index is 10.3. The summed E-state index contributed by atoms with van der Waals surface area (Å²) in [6.07, 6.45) is 0. The van der Waals surface area contributed by atoms with Gasteiger partial charge in [0.15, 0.2) is 0 Å². The van der Waals surface area contributed by atoms with Crippen molar-refractivity contribution < 1.29 is 37.8 Å². The molecule has 0 aliphatic carbocycles. The Labute approximate surface area is 62.0 Å². The number of hydrogen-bond acceptors (Lipinski definition) is 8. The second kappa shape index (κ2) is 2.81. The fraction of sp³-hybridized carbons (Fsp3) is 0. The van der Waals surface area contributed by atoms with E-state index in [0.717, 1.165) is 0 Å². The first kappa shape index (κ1) is 11.6. The van der Waals surface area contributed by atoms with Crippen molar-refractivity contribution in [3.05, 3.63) is 0 Å². The van der Waals surface area contributed by atoms with Crippen molar-refractivity contribution in [1.82, 2.24) is 0 Å². The zero-order valence-corrected chi connectivity index (χ0v) is 7.72. The quantitative estimate of drug-likeness (QED) is 0.277. The van der Waals surface area contributed by atoms with E-state index in [1.54, 1.807) is 0 Å². The summed E-state index contributed by atoms with van der Waals surface area (Å²) in [4.78, 5) is 48.6. The summed E-state index contributed by atoms with van der Waals surface area (Å²) in [6, 6.07) is 0. The van der Waals surface area contributed by atoms with Gasteiger partial charge in [-0.2, -0.15) is 0 Å². The zero-order valence-electron chi connectivity index (χ0n) is 4.91. The fourth-order valence-corrected chi connectivity index (χ4v) is 4.96. The molecule has 0 aliphatic heterocycles. The Bertz CT molecular complexity index is 204. The second-order valence-corrected chi connectivity index (χ2v) is 12.7. The van der Waals surface area contributed by atoms with Gasteiger partial charge in [0.1, 0.15) is 0 Å². The molecule has 11 heavy (non-hydrogen) atoms. The molecular weight excluding hydrogens is 222 g/mol. The molecule has 11 heteroatoms. The molecule has 0 aromatic carbocycles. The van der Waals surface area contributed by atoms with E-state index in [4.69, 9.17) is 29.4 Å². The van der Waals surface area contributed by atoms with Gasteiger partial charge >= 0.3 is 61.1 Å². The average molecular weight is 230 g/mol. The van der Waals surface area contributed by atoms with Crippen LogP contribution in [0.5, 0.6) is 0 Å². The first-order valence-corrected chi connectivity index (χ1v) is 8.70. The minimum absolute atomic E-state index is 5.40. The van der Waals surface area contributed by atoms with Crippen molar-refractivity contribution in [3.63, 3.8) is 0 Å². The van der Waals surface area contributed by atoms with Gasteiger partial charge in [0.05, 0.1) is 0 Å². The molecule has 0 rings (SSSR count). The van der Waals surface area contributed by atoms with Gasteiger partial charge in [0, 0.05) is 0 Å². The van der Waals surface area contributed by atoms with Crippen LogP contribution in [0.3, 0.4) is 0 Å². The molecule has 0 fully saturated rings. The van der Waals surface area contributed by atoms with Gasteiger partial charge in [0.2, 0.25) is 0 Å². The topological polar surface area (TPSA) is 156 Å². The molecule has 0 radical (unpaired) electrons. The summed E-state index contributed by atoms with van der Waals surface area (Å²) in [7, 11) is -16.9. The van der Waals surface area contributed by atoms with Crippen LogP contribution in [-0.2, 0) is 9.08 Å². The van der Waals surface area contributed by atoms with E-state index < -0.39 is 23.4 Å². The van der Waals surface area contributed by atoms with E-state index in [0.29, 0.717) is 0 Å². The molecule has 8 nitrogen and oxygen atoms in total. The standard InChI is InChI=1S/H8O8P2S/c1-9(2,3)11(7,8)10(4,5)6/h1-6,9-10H. The Morgan fingerprint density at radius 1 is 0.727 bits per heavy atom. The maximum absolute atomic E-state index is 10.3. The predicted octanol–water partition coefficient (Wildman–Crippen LogP) is -2.83. The molecule has 0 heterocycles. The molecule has 0 saturated carbocycles. The van der Waals surface area contributed by atoms with Crippen LogP contribution < -0.4 is 0 Å². The Morgan fingerprint density at radius 3 is 0.909 bits per heavy atom. The average Bonchev–Trinajstić information content (AvgIpc) is 1.58. The number of hydrogen-bond donors (Lipinski definition) is 6. The molecule has 0 atom stereocenters. The van der Waals surface area contributed by atoms with Gasteiger partial charge in [-0.15, -0.1) is 0 Å². The van der Waals surface area contributed by atoms with Crippen molar-refractivity contribution in [1.29, 1.82) is 0 Å². The van der Waals surface area contributed by atoms with Gasteiger partial charge in [-0.1, -0.05) is 0 Å². The van der Waals surface area contributed by atoms with Crippen LogP contribution in [0.25, 0.3) is 0 Å². The van der Waals surface area contributed by atoms with Gasteiger partial charge in [-0.25, -0.2) is 0 Å². The van der Waals surface area contributed by atoms with Crippen LogP contribution in [0, 0.1) is 0 Å². The first-order valence-electron chi connectivity index (χ1n) is 2.08. The Hall–Kier alpha value is 0.570. The van der Waals surface area contributed by atoms with E-state index in [9.17, 15) is 8.42 Å². The summed E-state index contributed by atoms with van der Waals surface area (Å²) < 4.78 is 20.6. The predicted molar refractivity (Wildman–Crippen MR) is 38.9 cm³/mol. The molecule has 0 amide bonds. The van der Waals surface area contributed by atoms with Crippen LogP contribution in [0.2, 0.25) is 0 Å². The number of rotatable bonds is 2. The van der Waals surface area contributed by atoms with E-state index in [2.05, 4.69) is 0 Å². The third-order valence-electron chi connectivity index (χ3n) is 0.721. The van der Waals surface area contributed by atoms with Crippen molar-refractivity contribution in [2.75, 3.05) is 0 Å². The van der Waals surface area contributed by atoms with Gasteiger partial charge in [-0.3, -0.25) is 0 Å². The van der Waals surface area contributed by atoms with Crippen LogP contribution in [-0.4, -0.2) is 37.8 Å². The second-order valence-electron chi connectivity index (χ2n) is 1.65. The van der Waals surface area contributed by atoms with Gasteiger partial charge < -0.3 is 0 Å². The molecule has 0 aromatic rings. The molecule has 0 spiro atoms. The Kier molecular flexibility index (Phi) is 2.95. The van der Waals surface area contributed by atoms with Crippen LogP contribution in [0.4, 0.5) is 0 Å². The van der Waals surface area contributed by atoms with Crippen molar-refractivity contribution >= 4 is 23.4 Å². The van der Waals surface area contributed by atoms with E-state index in [1.807, 2.05) is 0 Å². The Morgan fingerprint density at radius 2 is 0.909 bits per heavy atom. The molecule has 0 aromatic heterocycles. The van der Waals surface area contributed by atoms with Crippen LogP contribution in [0.15, 0.2) is 0 Å². The van der Waals surface area contributed by atoms with Gasteiger partial charge in [-0.05, 0) is 0 Å². The summed E-state index contributed by atoms with van der Waals surface area (Å²) in [5, 5.41) is 0. The summed E-state index contributed by atoms with van der Waals surface area (Å²) in [5.41, 5.74) is 0. The molecule has 0 bridgehead atoms. The summed E-state index contributed by atoms with van der Waals surface area (Å²) >= 11 is 0. The summed E-state index contributed by atoms with van der Waals surface area (Å²) in [6.45, 7) is 0. The SMILES string of the molecule is O=S(=O)([PH](O)(O)O)[PH](O)(O)O. The molecule has 0 saturated heterocycles. The van der Waals surface area contributed by atoms with Crippen LogP contribution in [0.1, 0.15) is 0 Å². The molecule has 0 unspecified atom stereocenters. The third kappa shape index (κ3) is 2.25. The molecule has 6 N–H and O–H groups in total. The molecular formula is H8O8P2S. The van der Waals surface area contributed by atoms with Crippen LogP contribution >= 0.6 is 14.3 Å². The zero-order chi connectivity index (χ0) is 9.50.